The lowest BCUT2D eigenvalue weighted by Gasteiger charge is -2.12. The molecule has 0 bridgehead atoms. The number of hydrogen-bond acceptors (Lipinski definition) is 2. The third-order valence-corrected chi connectivity index (χ3v) is 12.3. The average Bonchev–Trinajstić information content (AvgIpc) is 4.00. The van der Waals surface area contributed by atoms with E-state index in [0.29, 0.717) is 0 Å². The maximum atomic E-state index is 6.87. The SMILES string of the molecule is c1ccc(-n2c(-c3ccc(-c4cccc5oc6c(-n7c8ccccc8c8c9sc%10ccccc%10c9ccc87)cccc6c45)cc3)cc3ccccc32)cc1. The highest BCUT2D eigenvalue weighted by atomic mass is 32.1. The van der Waals surface area contributed by atoms with Gasteiger partial charge in [-0.25, -0.2) is 0 Å². The summed E-state index contributed by atoms with van der Waals surface area (Å²) in [6, 6.07) is 65.7. The first-order chi connectivity index (χ1) is 26.8. The monoisotopic (exact) mass is 706 g/mol. The topological polar surface area (TPSA) is 23.0 Å². The van der Waals surface area contributed by atoms with E-state index in [1.807, 2.05) is 11.3 Å². The molecule has 0 aliphatic heterocycles. The average molecular weight is 707 g/mol. The Balaban J connectivity index is 1.04. The highest BCUT2D eigenvalue weighted by Gasteiger charge is 2.22. The lowest BCUT2D eigenvalue weighted by molar-refractivity contribution is 0.666. The van der Waals surface area contributed by atoms with Crippen molar-refractivity contribution in [1.82, 2.24) is 9.13 Å². The molecule has 12 rings (SSSR count). The van der Waals surface area contributed by atoms with Gasteiger partial charge in [-0.2, -0.15) is 0 Å². The van der Waals surface area contributed by atoms with Gasteiger partial charge in [-0.05, 0) is 71.3 Å². The Morgan fingerprint density at radius 1 is 0.444 bits per heavy atom. The highest BCUT2D eigenvalue weighted by Crippen LogP contribution is 2.45. The fourth-order valence-electron chi connectivity index (χ4n) is 8.79. The Bertz CT molecular complexity index is 3430. The van der Waals surface area contributed by atoms with Crippen molar-refractivity contribution in [3.05, 3.63) is 182 Å². The van der Waals surface area contributed by atoms with Crippen LogP contribution < -0.4 is 0 Å². The molecule has 4 heterocycles. The Morgan fingerprint density at radius 2 is 1.17 bits per heavy atom. The second-order valence-corrected chi connectivity index (χ2v) is 15.1. The van der Waals surface area contributed by atoms with Crippen LogP contribution in [0.15, 0.2) is 186 Å². The minimum absolute atomic E-state index is 0.885. The minimum Gasteiger partial charge on any atom is -0.454 e. The molecule has 0 aliphatic carbocycles. The molecule has 0 atom stereocenters. The van der Waals surface area contributed by atoms with Crippen LogP contribution in [0, 0.1) is 0 Å². The van der Waals surface area contributed by atoms with Crippen molar-refractivity contribution >= 4 is 86.2 Å². The standard InChI is InChI=1S/C50H30N2OS/c1-2-13-34(14-3-1)51-40-19-7-4-12-33(40)30-44(51)32-26-24-31(25-27-32)35-17-11-22-45-47(35)39-18-10-21-43(49(39)53-45)52-41-20-8-5-16-38(41)48-42(52)29-28-37-36-15-6-9-23-46(36)54-50(37)48/h1-30H. The Labute approximate surface area is 314 Å². The van der Waals surface area contributed by atoms with Crippen LogP contribution in [-0.2, 0) is 0 Å². The molecular weight excluding hydrogens is 677 g/mol. The number of benzene rings is 8. The van der Waals surface area contributed by atoms with E-state index in [0.717, 1.165) is 44.4 Å². The molecule has 4 aromatic heterocycles. The maximum Gasteiger partial charge on any atom is 0.159 e. The largest absolute Gasteiger partial charge is 0.454 e. The van der Waals surface area contributed by atoms with E-state index in [1.165, 1.54) is 64.1 Å². The normalized spacial score (nSPS) is 12.1. The second-order valence-electron chi connectivity index (χ2n) is 14.1. The zero-order chi connectivity index (χ0) is 35.3. The lowest BCUT2D eigenvalue weighted by Crippen LogP contribution is -1.96. The van der Waals surface area contributed by atoms with Gasteiger partial charge in [-0.1, -0.05) is 127 Å². The highest BCUT2D eigenvalue weighted by molar-refractivity contribution is 7.26. The van der Waals surface area contributed by atoms with Crippen LogP contribution in [0.5, 0.6) is 0 Å². The van der Waals surface area contributed by atoms with Crippen LogP contribution in [0.25, 0.3) is 109 Å². The van der Waals surface area contributed by atoms with E-state index in [2.05, 4.69) is 191 Å². The first kappa shape index (κ1) is 29.7. The molecule has 0 aliphatic rings. The fraction of sp³-hybridized carbons (Fsp3) is 0. The van der Waals surface area contributed by atoms with Gasteiger partial charge in [0.25, 0.3) is 0 Å². The number of thiophene rings is 1. The summed E-state index contributed by atoms with van der Waals surface area (Å²) in [7, 11) is 0. The van der Waals surface area contributed by atoms with Gasteiger partial charge in [0.1, 0.15) is 5.58 Å². The summed E-state index contributed by atoms with van der Waals surface area (Å²) >= 11 is 1.88. The molecule has 0 unspecified atom stereocenters. The number of hydrogen-bond donors (Lipinski definition) is 0. The summed E-state index contributed by atoms with van der Waals surface area (Å²) < 4.78 is 14.3. The van der Waals surface area contributed by atoms with Crippen LogP contribution >= 0.6 is 11.3 Å². The van der Waals surface area contributed by atoms with E-state index < -0.39 is 0 Å². The zero-order valence-corrected chi connectivity index (χ0v) is 29.8. The molecule has 0 fully saturated rings. The van der Waals surface area contributed by atoms with E-state index >= 15 is 0 Å². The van der Waals surface area contributed by atoms with Gasteiger partial charge < -0.3 is 13.6 Å². The summed E-state index contributed by atoms with van der Waals surface area (Å²) in [6.45, 7) is 0. The van der Waals surface area contributed by atoms with Crippen LogP contribution in [0.2, 0.25) is 0 Å². The third kappa shape index (κ3) is 4.17. The van der Waals surface area contributed by atoms with Crippen molar-refractivity contribution in [2.45, 2.75) is 0 Å². The summed E-state index contributed by atoms with van der Waals surface area (Å²) in [6.07, 6.45) is 0. The molecule has 0 radical (unpaired) electrons. The van der Waals surface area contributed by atoms with Crippen molar-refractivity contribution in [3.8, 4) is 33.8 Å². The number of rotatable bonds is 4. The predicted molar refractivity (Wildman–Crippen MR) is 229 cm³/mol. The molecule has 0 spiro atoms. The number of aromatic nitrogens is 2. The van der Waals surface area contributed by atoms with Gasteiger partial charge in [0.15, 0.2) is 5.58 Å². The molecule has 0 saturated carbocycles. The molecule has 3 nitrogen and oxygen atoms in total. The van der Waals surface area contributed by atoms with Crippen molar-refractivity contribution in [1.29, 1.82) is 0 Å². The summed E-state index contributed by atoms with van der Waals surface area (Å²) in [5, 5.41) is 8.64. The molecule has 4 heteroatoms. The number of furan rings is 1. The minimum atomic E-state index is 0.885. The zero-order valence-electron chi connectivity index (χ0n) is 29.0. The molecule has 12 aromatic rings. The van der Waals surface area contributed by atoms with E-state index in [9.17, 15) is 0 Å². The Kier molecular flexibility index (Phi) is 6.21. The molecule has 54 heavy (non-hydrogen) atoms. The van der Waals surface area contributed by atoms with Gasteiger partial charge in [0.2, 0.25) is 0 Å². The molecule has 0 amide bonds. The van der Waals surface area contributed by atoms with E-state index in [-0.39, 0.29) is 0 Å². The quantitative estimate of drug-likeness (QED) is 0.179. The Morgan fingerprint density at radius 3 is 2.06 bits per heavy atom. The molecule has 0 saturated heterocycles. The smallest absolute Gasteiger partial charge is 0.159 e. The maximum absolute atomic E-state index is 6.87. The van der Waals surface area contributed by atoms with Crippen molar-refractivity contribution in [3.63, 3.8) is 0 Å². The number of para-hydroxylation sites is 4. The van der Waals surface area contributed by atoms with Crippen molar-refractivity contribution < 1.29 is 4.42 Å². The molecule has 0 N–H and O–H groups in total. The number of fused-ring (bicyclic) bond motifs is 11. The third-order valence-electron chi connectivity index (χ3n) is 11.1. The second kappa shape index (κ2) is 11.3. The molecular formula is C50H30N2OS. The van der Waals surface area contributed by atoms with E-state index in [4.69, 9.17) is 4.42 Å². The van der Waals surface area contributed by atoms with Gasteiger partial charge in [-0.15, -0.1) is 11.3 Å². The summed E-state index contributed by atoms with van der Waals surface area (Å²) in [5.74, 6) is 0. The van der Waals surface area contributed by atoms with Gasteiger partial charge in [0, 0.05) is 52.8 Å². The van der Waals surface area contributed by atoms with Crippen LogP contribution in [0.4, 0.5) is 0 Å². The van der Waals surface area contributed by atoms with Gasteiger partial charge >= 0.3 is 0 Å². The fourth-order valence-corrected chi connectivity index (χ4v) is 10.0. The predicted octanol–water partition coefficient (Wildman–Crippen LogP) is 14.3. The lowest BCUT2D eigenvalue weighted by atomic mass is 9.98. The van der Waals surface area contributed by atoms with Crippen LogP contribution in [-0.4, -0.2) is 9.13 Å². The first-order valence-electron chi connectivity index (χ1n) is 18.3. The summed E-state index contributed by atoms with van der Waals surface area (Å²) in [5.41, 5.74) is 12.2. The number of nitrogens with zero attached hydrogens (tertiary/aromatic N) is 2. The molecule has 8 aromatic carbocycles. The van der Waals surface area contributed by atoms with E-state index in [1.54, 1.807) is 0 Å². The van der Waals surface area contributed by atoms with Crippen LogP contribution in [0.3, 0.4) is 0 Å². The van der Waals surface area contributed by atoms with Gasteiger partial charge in [-0.3, -0.25) is 0 Å². The van der Waals surface area contributed by atoms with Gasteiger partial charge in [0.05, 0.1) is 27.9 Å². The Hall–Kier alpha value is -6.88. The summed E-state index contributed by atoms with van der Waals surface area (Å²) in [4.78, 5) is 0. The van der Waals surface area contributed by atoms with Crippen molar-refractivity contribution in [2.75, 3.05) is 0 Å². The van der Waals surface area contributed by atoms with Crippen molar-refractivity contribution in [2.24, 2.45) is 0 Å². The van der Waals surface area contributed by atoms with Crippen LogP contribution in [0.1, 0.15) is 0 Å². The first-order valence-corrected chi connectivity index (χ1v) is 19.2. The molecule has 252 valence electrons.